The van der Waals surface area contributed by atoms with Crippen LogP contribution in [0.4, 0.5) is 5.82 Å². The third kappa shape index (κ3) is 2.09. The molecule has 4 nitrogen and oxygen atoms in total. The van der Waals surface area contributed by atoms with Gasteiger partial charge in [0, 0.05) is 23.7 Å². The molecule has 0 atom stereocenters. The molecule has 0 aliphatic carbocycles. The highest BCUT2D eigenvalue weighted by Crippen LogP contribution is 2.22. The second-order valence-electron chi connectivity index (χ2n) is 4.75. The summed E-state index contributed by atoms with van der Waals surface area (Å²) in [6.45, 7) is 4.00. The molecule has 0 radical (unpaired) electrons. The van der Waals surface area contributed by atoms with E-state index in [1.165, 1.54) is 0 Å². The van der Waals surface area contributed by atoms with Gasteiger partial charge in [-0.2, -0.15) is 0 Å². The largest absolute Gasteiger partial charge is 0.373 e. The summed E-state index contributed by atoms with van der Waals surface area (Å²) in [5.74, 6) is 1.51. The van der Waals surface area contributed by atoms with Crippen molar-refractivity contribution in [2.75, 3.05) is 12.4 Å². The van der Waals surface area contributed by atoms with Gasteiger partial charge in [-0.25, -0.2) is 15.0 Å². The zero-order chi connectivity index (χ0) is 14.1. The molecule has 0 aliphatic rings. The monoisotopic (exact) mass is 264 g/mol. The Kier molecular flexibility index (Phi) is 3.06. The van der Waals surface area contributed by atoms with Gasteiger partial charge in [0.15, 0.2) is 5.82 Å². The number of anilines is 1. The quantitative estimate of drug-likeness (QED) is 0.771. The van der Waals surface area contributed by atoms with E-state index in [4.69, 9.17) is 0 Å². The molecule has 3 rings (SSSR count). The summed E-state index contributed by atoms with van der Waals surface area (Å²) in [7, 11) is 1.87. The molecule has 0 aliphatic heterocycles. The van der Waals surface area contributed by atoms with Crippen LogP contribution in [-0.4, -0.2) is 22.0 Å². The van der Waals surface area contributed by atoms with Crippen LogP contribution in [0.15, 0.2) is 36.4 Å². The lowest BCUT2D eigenvalue weighted by Gasteiger charge is -2.09. The van der Waals surface area contributed by atoms with Crippen LogP contribution in [0.1, 0.15) is 11.3 Å². The SMILES string of the molecule is CNc1nc(-c2ccc3ccccc3n2)nc(C)c1C. The number of nitrogens with zero attached hydrogens (tertiary/aromatic N) is 3. The fourth-order valence-corrected chi connectivity index (χ4v) is 2.18. The number of rotatable bonds is 2. The Morgan fingerprint density at radius 2 is 1.70 bits per heavy atom. The molecule has 20 heavy (non-hydrogen) atoms. The van der Waals surface area contributed by atoms with Crippen molar-refractivity contribution in [3.8, 4) is 11.5 Å². The van der Waals surface area contributed by atoms with E-state index in [9.17, 15) is 0 Å². The molecule has 0 saturated carbocycles. The summed E-state index contributed by atoms with van der Waals surface area (Å²) in [5.41, 5.74) is 3.78. The van der Waals surface area contributed by atoms with Crippen molar-refractivity contribution in [1.29, 1.82) is 0 Å². The average molecular weight is 264 g/mol. The van der Waals surface area contributed by atoms with Gasteiger partial charge in [0.1, 0.15) is 11.5 Å². The van der Waals surface area contributed by atoms with E-state index in [1.807, 2.05) is 51.2 Å². The lowest BCUT2D eigenvalue weighted by molar-refractivity contribution is 1.06. The van der Waals surface area contributed by atoms with E-state index in [2.05, 4.69) is 26.3 Å². The molecule has 100 valence electrons. The Morgan fingerprint density at radius 3 is 2.50 bits per heavy atom. The molecular weight excluding hydrogens is 248 g/mol. The maximum absolute atomic E-state index is 4.64. The predicted octanol–water partition coefficient (Wildman–Crippen LogP) is 3.35. The van der Waals surface area contributed by atoms with Gasteiger partial charge >= 0.3 is 0 Å². The average Bonchev–Trinajstić information content (AvgIpc) is 2.49. The number of aryl methyl sites for hydroxylation is 1. The zero-order valence-electron chi connectivity index (χ0n) is 11.8. The molecule has 2 heterocycles. The standard InChI is InChI=1S/C16H16N4/c1-10-11(2)18-16(20-15(10)17-3)14-9-8-12-6-4-5-7-13(12)19-14/h4-9H,1-3H3,(H,17,18,20). The van der Waals surface area contributed by atoms with Crippen LogP contribution in [-0.2, 0) is 0 Å². The third-order valence-corrected chi connectivity index (χ3v) is 3.45. The van der Waals surface area contributed by atoms with Crippen molar-refractivity contribution in [2.24, 2.45) is 0 Å². The van der Waals surface area contributed by atoms with E-state index in [0.29, 0.717) is 5.82 Å². The van der Waals surface area contributed by atoms with Crippen LogP contribution < -0.4 is 5.32 Å². The first-order valence-electron chi connectivity index (χ1n) is 6.58. The van der Waals surface area contributed by atoms with E-state index in [-0.39, 0.29) is 0 Å². The Labute approximate surface area is 117 Å². The van der Waals surface area contributed by atoms with E-state index >= 15 is 0 Å². The van der Waals surface area contributed by atoms with Gasteiger partial charge in [-0.3, -0.25) is 0 Å². The second kappa shape index (κ2) is 4.89. The smallest absolute Gasteiger partial charge is 0.180 e. The van der Waals surface area contributed by atoms with Crippen molar-refractivity contribution >= 4 is 16.7 Å². The Morgan fingerprint density at radius 1 is 0.900 bits per heavy atom. The van der Waals surface area contributed by atoms with Crippen molar-refractivity contribution in [3.63, 3.8) is 0 Å². The van der Waals surface area contributed by atoms with Crippen molar-refractivity contribution < 1.29 is 0 Å². The normalized spacial score (nSPS) is 10.8. The van der Waals surface area contributed by atoms with Crippen LogP contribution in [0.3, 0.4) is 0 Å². The highest BCUT2D eigenvalue weighted by atomic mass is 15.0. The molecule has 0 bridgehead atoms. The predicted molar refractivity (Wildman–Crippen MR) is 81.8 cm³/mol. The number of fused-ring (bicyclic) bond motifs is 1. The molecule has 0 fully saturated rings. The summed E-state index contributed by atoms with van der Waals surface area (Å²) >= 11 is 0. The summed E-state index contributed by atoms with van der Waals surface area (Å²) in [6.07, 6.45) is 0. The first kappa shape index (κ1) is 12.5. The minimum absolute atomic E-state index is 0.656. The second-order valence-corrected chi connectivity index (χ2v) is 4.75. The van der Waals surface area contributed by atoms with Gasteiger partial charge in [0.2, 0.25) is 0 Å². The van der Waals surface area contributed by atoms with Crippen LogP contribution in [0, 0.1) is 13.8 Å². The first-order valence-corrected chi connectivity index (χ1v) is 6.58. The first-order chi connectivity index (χ1) is 9.69. The van der Waals surface area contributed by atoms with Crippen molar-refractivity contribution in [1.82, 2.24) is 15.0 Å². The van der Waals surface area contributed by atoms with Gasteiger partial charge < -0.3 is 5.32 Å². The van der Waals surface area contributed by atoms with E-state index in [0.717, 1.165) is 33.7 Å². The van der Waals surface area contributed by atoms with Crippen LogP contribution in [0.25, 0.3) is 22.4 Å². The van der Waals surface area contributed by atoms with E-state index in [1.54, 1.807) is 0 Å². The summed E-state index contributed by atoms with van der Waals surface area (Å²) in [6, 6.07) is 12.1. The van der Waals surface area contributed by atoms with Gasteiger partial charge in [0.25, 0.3) is 0 Å². The minimum atomic E-state index is 0.656. The number of benzene rings is 1. The van der Waals surface area contributed by atoms with Crippen LogP contribution in [0.5, 0.6) is 0 Å². The molecule has 3 aromatic rings. The zero-order valence-corrected chi connectivity index (χ0v) is 11.8. The molecule has 1 N–H and O–H groups in total. The fourth-order valence-electron chi connectivity index (χ4n) is 2.18. The fraction of sp³-hybridized carbons (Fsp3) is 0.188. The number of nitrogens with one attached hydrogen (secondary N) is 1. The molecule has 2 aromatic heterocycles. The Hall–Kier alpha value is -2.49. The van der Waals surface area contributed by atoms with Crippen molar-refractivity contribution in [2.45, 2.75) is 13.8 Å². The summed E-state index contributed by atoms with van der Waals surface area (Å²) in [5, 5.41) is 4.22. The topological polar surface area (TPSA) is 50.7 Å². The number of para-hydroxylation sites is 1. The maximum atomic E-state index is 4.64. The summed E-state index contributed by atoms with van der Waals surface area (Å²) in [4.78, 5) is 13.7. The maximum Gasteiger partial charge on any atom is 0.180 e. The molecule has 0 saturated heterocycles. The third-order valence-electron chi connectivity index (χ3n) is 3.45. The molecule has 4 heteroatoms. The summed E-state index contributed by atoms with van der Waals surface area (Å²) < 4.78 is 0. The molecule has 0 spiro atoms. The van der Waals surface area contributed by atoms with Gasteiger partial charge in [-0.1, -0.05) is 24.3 Å². The Balaban J connectivity index is 2.17. The van der Waals surface area contributed by atoms with Crippen LogP contribution >= 0.6 is 0 Å². The number of pyridine rings is 1. The molecule has 0 unspecified atom stereocenters. The number of hydrogen-bond acceptors (Lipinski definition) is 4. The molecule has 1 aromatic carbocycles. The minimum Gasteiger partial charge on any atom is -0.373 e. The highest BCUT2D eigenvalue weighted by Gasteiger charge is 2.10. The van der Waals surface area contributed by atoms with Crippen molar-refractivity contribution in [3.05, 3.63) is 47.7 Å². The lowest BCUT2D eigenvalue weighted by Crippen LogP contribution is -2.03. The Bertz CT molecular complexity index is 781. The molecule has 0 amide bonds. The molecular formula is C16H16N4. The van der Waals surface area contributed by atoms with Gasteiger partial charge in [0.05, 0.1) is 5.52 Å². The van der Waals surface area contributed by atoms with E-state index < -0.39 is 0 Å². The van der Waals surface area contributed by atoms with Crippen LogP contribution in [0.2, 0.25) is 0 Å². The lowest BCUT2D eigenvalue weighted by atomic mass is 10.2. The van der Waals surface area contributed by atoms with Gasteiger partial charge in [-0.05, 0) is 26.0 Å². The van der Waals surface area contributed by atoms with Gasteiger partial charge in [-0.15, -0.1) is 0 Å². The number of aromatic nitrogens is 3. The number of hydrogen-bond donors (Lipinski definition) is 1. The highest BCUT2D eigenvalue weighted by molar-refractivity contribution is 5.80.